The predicted molar refractivity (Wildman–Crippen MR) is 171 cm³/mol. The van der Waals surface area contributed by atoms with Gasteiger partial charge < -0.3 is 24.3 Å². The number of esters is 2. The Kier molecular flexibility index (Phi) is 26.4. The third-order valence-electron chi connectivity index (χ3n) is 8.31. The summed E-state index contributed by atoms with van der Waals surface area (Å²) in [6.45, 7) is 7.67. The maximum Gasteiger partial charge on any atom is 0.308 e. The Morgan fingerprint density at radius 2 is 1.31 bits per heavy atom. The molecule has 42 heavy (non-hydrogen) atoms. The van der Waals surface area contributed by atoms with Crippen molar-refractivity contribution in [2.24, 2.45) is 5.92 Å². The molecule has 1 heterocycles. The van der Waals surface area contributed by atoms with Gasteiger partial charge in [0.1, 0.15) is 0 Å². The summed E-state index contributed by atoms with van der Waals surface area (Å²) >= 11 is 0. The smallest absolute Gasteiger partial charge is 0.308 e. The molecule has 1 fully saturated rings. The van der Waals surface area contributed by atoms with Gasteiger partial charge in [-0.05, 0) is 58.0 Å². The van der Waals surface area contributed by atoms with Gasteiger partial charge >= 0.3 is 11.9 Å². The van der Waals surface area contributed by atoms with Crippen LogP contribution in [0, 0.1) is 5.92 Å². The standard InChI is InChI=1S/C35H67NO6/c1-4-6-8-10-11-17-23-31(22-16-9-7-5-2)35(38)40-29-21-15-14-20-28-36-27-19-13-12-18-24-33(37)42-34-26-25-32(41-34)30-39-3/h31-32,34,36H,4-30H2,1-3H3. The van der Waals surface area contributed by atoms with Gasteiger partial charge in [0.25, 0.3) is 0 Å². The lowest BCUT2D eigenvalue weighted by atomic mass is 9.94. The summed E-state index contributed by atoms with van der Waals surface area (Å²) in [5.74, 6) is 0.00539. The molecule has 248 valence electrons. The zero-order valence-corrected chi connectivity index (χ0v) is 27.8. The molecule has 0 saturated carbocycles. The van der Waals surface area contributed by atoms with Crippen LogP contribution in [0.1, 0.15) is 162 Å². The number of hydrogen-bond donors (Lipinski definition) is 1. The van der Waals surface area contributed by atoms with Crippen LogP contribution in [0.4, 0.5) is 0 Å². The molecule has 1 aliphatic heterocycles. The van der Waals surface area contributed by atoms with Crippen molar-refractivity contribution < 1.29 is 28.5 Å². The van der Waals surface area contributed by atoms with Gasteiger partial charge in [0.15, 0.2) is 0 Å². The molecule has 1 aliphatic rings. The van der Waals surface area contributed by atoms with Crippen molar-refractivity contribution in [3.05, 3.63) is 0 Å². The molecule has 3 atom stereocenters. The summed E-state index contributed by atoms with van der Waals surface area (Å²) in [4.78, 5) is 24.7. The highest BCUT2D eigenvalue weighted by molar-refractivity contribution is 5.72. The van der Waals surface area contributed by atoms with Crippen molar-refractivity contribution in [2.75, 3.05) is 33.4 Å². The summed E-state index contributed by atoms with van der Waals surface area (Å²) in [7, 11) is 1.66. The second-order valence-electron chi connectivity index (χ2n) is 12.3. The SMILES string of the molecule is CCCCCCCCC(CCCCCC)C(=O)OCCCCCCNCCCCCCC(=O)OC1CCC(COC)O1. The summed E-state index contributed by atoms with van der Waals surface area (Å²) in [5.41, 5.74) is 0. The fourth-order valence-electron chi connectivity index (χ4n) is 5.64. The number of methoxy groups -OCH3 is 1. The van der Waals surface area contributed by atoms with Crippen LogP contribution >= 0.6 is 0 Å². The van der Waals surface area contributed by atoms with Crippen LogP contribution < -0.4 is 5.32 Å². The van der Waals surface area contributed by atoms with Gasteiger partial charge in [0, 0.05) is 20.0 Å². The zero-order chi connectivity index (χ0) is 30.5. The number of unbranched alkanes of at least 4 members (excludes halogenated alkanes) is 14. The maximum absolute atomic E-state index is 12.7. The first-order valence-corrected chi connectivity index (χ1v) is 17.8. The maximum atomic E-state index is 12.7. The van der Waals surface area contributed by atoms with E-state index >= 15 is 0 Å². The highest BCUT2D eigenvalue weighted by Crippen LogP contribution is 2.22. The molecule has 0 radical (unpaired) electrons. The molecule has 0 spiro atoms. The van der Waals surface area contributed by atoms with E-state index in [1.54, 1.807) is 7.11 Å². The number of rotatable bonds is 30. The highest BCUT2D eigenvalue weighted by atomic mass is 16.7. The molecular formula is C35H67NO6. The third kappa shape index (κ3) is 22.4. The van der Waals surface area contributed by atoms with Gasteiger partial charge in [-0.3, -0.25) is 9.59 Å². The van der Waals surface area contributed by atoms with Gasteiger partial charge in [-0.15, -0.1) is 0 Å². The van der Waals surface area contributed by atoms with Crippen LogP contribution in [-0.4, -0.2) is 57.7 Å². The van der Waals surface area contributed by atoms with Crippen LogP contribution in [0.3, 0.4) is 0 Å². The van der Waals surface area contributed by atoms with Gasteiger partial charge in [-0.2, -0.15) is 0 Å². The highest BCUT2D eigenvalue weighted by Gasteiger charge is 2.27. The summed E-state index contributed by atoms with van der Waals surface area (Å²) in [6, 6.07) is 0. The van der Waals surface area contributed by atoms with E-state index in [2.05, 4.69) is 19.2 Å². The van der Waals surface area contributed by atoms with Gasteiger partial charge in [-0.25, -0.2) is 0 Å². The van der Waals surface area contributed by atoms with Crippen molar-refractivity contribution >= 4 is 11.9 Å². The number of ether oxygens (including phenoxy) is 4. The number of nitrogens with one attached hydrogen (secondary N) is 1. The molecule has 1 saturated heterocycles. The second kappa shape index (κ2) is 28.6. The summed E-state index contributed by atoms with van der Waals surface area (Å²) < 4.78 is 21.9. The van der Waals surface area contributed by atoms with Crippen molar-refractivity contribution in [1.82, 2.24) is 5.32 Å². The molecular weight excluding hydrogens is 530 g/mol. The van der Waals surface area contributed by atoms with Crippen molar-refractivity contribution in [2.45, 2.75) is 174 Å². The van der Waals surface area contributed by atoms with E-state index in [0.717, 1.165) is 96.6 Å². The van der Waals surface area contributed by atoms with Crippen LogP contribution in [-0.2, 0) is 28.5 Å². The number of hydrogen-bond acceptors (Lipinski definition) is 7. The van der Waals surface area contributed by atoms with E-state index in [-0.39, 0.29) is 24.0 Å². The van der Waals surface area contributed by atoms with Crippen molar-refractivity contribution in [1.29, 1.82) is 0 Å². The first kappa shape index (κ1) is 38.8. The normalized spacial score (nSPS) is 17.4. The molecule has 0 aromatic rings. The molecule has 1 rings (SSSR count). The lowest BCUT2D eigenvalue weighted by Crippen LogP contribution is -2.20. The molecule has 0 aliphatic carbocycles. The largest absolute Gasteiger partial charge is 0.465 e. The number of carbonyl (C=O) groups excluding carboxylic acids is 2. The Morgan fingerprint density at radius 3 is 1.98 bits per heavy atom. The Morgan fingerprint density at radius 1 is 0.738 bits per heavy atom. The van der Waals surface area contributed by atoms with E-state index < -0.39 is 6.29 Å². The van der Waals surface area contributed by atoms with Crippen LogP contribution in [0.15, 0.2) is 0 Å². The average Bonchev–Trinajstić information content (AvgIpc) is 3.42. The molecule has 0 bridgehead atoms. The first-order chi connectivity index (χ1) is 20.6. The minimum Gasteiger partial charge on any atom is -0.465 e. The lowest BCUT2D eigenvalue weighted by molar-refractivity contribution is -0.177. The Bertz CT molecular complexity index is 631. The summed E-state index contributed by atoms with van der Waals surface area (Å²) in [5, 5.41) is 3.53. The molecule has 7 nitrogen and oxygen atoms in total. The van der Waals surface area contributed by atoms with E-state index in [4.69, 9.17) is 18.9 Å². The molecule has 7 heteroatoms. The predicted octanol–water partition coefficient (Wildman–Crippen LogP) is 8.66. The fourth-order valence-corrected chi connectivity index (χ4v) is 5.64. The Balaban J connectivity index is 1.95. The van der Waals surface area contributed by atoms with E-state index in [1.165, 1.54) is 57.8 Å². The fraction of sp³-hybridized carbons (Fsp3) is 0.943. The van der Waals surface area contributed by atoms with E-state index in [9.17, 15) is 9.59 Å². The van der Waals surface area contributed by atoms with E-state index in [1.807, 2.05) is 0 Å². The molecule has 0 aromatic heterocycles. The lowest BCUT2D eigenvalue weighted by Gasteiger charge is -2.16. The average molecular weight is 598 g/mol. The monoisotopic (exact) mass is 597 g/mol. The second-order valence-corrected chi connectivity index (χ2v) is 12.3. The number of carbonyl (C=O) groups is 2. The third-order valence-corrected chi connectivity index (χ3v) is 8.31. The molecule has 0 amide bonds. The Labute approximate surface area is 258 Å². The van der Waals surface area contributed by atoms with Crippen molar-refractivity contribution in [3.8, 4) is 0 Å². The van der Waals surface area contributed by atoms with Crippen LogP contribution in [0.2, 0.25) is 0 Å². The van der Waals surface area contributed by atoms with Crippen LogP contribution in [0.25, 0.3) is 0 Å². The minimum atomic E-state index is -0.394. The molecule has 3 unspecified atom stereocenters. The van der Waals surface area contributed by atoms with Gasteiger partial charge in [0.2, 0.25) is 6.29 Å². The van der Waals surface area contributed by atoms with Crippen LogP contribution in [0.5, 0.6) is 0 Å². The topological polar surface area (TPSA) is 83.1 Å². The summed E-state index contributed by atoms with van der Waals surface area (Å²) in [6.07, 6.45) is 24.9. The van der Waals surface area contributed by atoms with Crippen molar-refractivity contribution in [3.63, 3.8) is 0 Å². The molecule has 0 aromatic carbocycles. The van der Waals surface area contributed by atoms with Gasteiger partial charge in [-0.1, -0.05) is 104 Å². The Hall–Kier alpha value is -1.18. The van der Waals surface area contributed by atoms with Gasteiger partial charge in [0.05, 0.1) is 25.2 Å². The molecule has 1 N–H and O–H groups in total. The zero-order valence-electron chi connectivity index (χ0n) is 27.8. The quantitative estimate of drug-likeness (QED) is 0.0655. The van der Waals surface area contributed by atoms with E-state index in [0.29, 0.717) is 19.6 Å². The first-order valence-electron chi connectivity index (χ1n) is 17.8. The minimum absolute atomic E-state index is 0.0483.